The van der Waals surface area contributed by atoms with Gasteiger partial charge >= 0.3 is 0 Å². The number of nitrogens with one attached hydrogen (secondary N) is 1. The molecule has 2 rings (SSSR count). The minimum absolute atomic E-state index is 0.0334. The minimum atomic E-state index is -3.70. The Labute approximate surface area is 138 Å². The number of hydrogen-bond donors (Lipinski definition) is 3. The standard InChI is InChI=1S/C13H18BrClN2O3S/c14-13-11(16)4-10(15)5-12(13)21(19,20)17-6-8-2-1-3-9(8)7-18/h4-5,8-9,17-18H,1-3,6-7,16H2. The van der Waals surface area contributed by atoms with E-state index in [0.717, 1.165) is 19.3 Å². The molecule has 0 heterocycles. The molecule has 21 heavy (non-hydrogen) atoms. The molecule has 1 aromatic carbocycles. The molecule has 0 aromatic heterocycles. The molecule has 0 spiro atoms. The summed E-state index contributed by atoms with van der Waals surface area (Å²) in [6.07, 6.45) is 2.88. The fourth-order valence-corrected chi connectivity index (χ4v) is 5.08. The number of halogens is 2. The van der Waals surface area contributed by atoms with Crippen LogP contribution in [0, 0.1) is 11.8 Å². The van der Waals surface area contributed by atoms with Crippen LogP contribution in [0.2, 0.25) is 5.02 Å². The van der Waals surface area contributed by atoms with E-state index in [0.29, 0.717) is 11.0 Å². The van der Waals surface area contributed by atoms with E-state index < -0.39 is 10.0 Å². The van der Waals surface area contributed by atoms with Crippen LogP contribution >= 0.6 is 27.5 Å². The fourth-order valence-electron chi connectivity index (χ4n) is 2.70. The van der Waals surface area contributed by atoms with E-state index in [9.17, 15) is 13.5 Å². The second kappa shape index (κ2) is 6.83. The summed E-state index contributed by atoms with van der Waals surface area (Å²) in [5.74, 6) is 0.334. The van der Waals surface area contributed by atoms with Crippen molar-refractivity contribution in [3.8, 4) is 0 Å². The van der Waals surface area contributed by atoms with Crippen LogP contribution in [0.5, 0.6) is 0 Å². The van der Waals surface area contributed by atoms with Gasteiger partial charge in [0.2, 0.25) is 10.0 Å². The number of aliphatic hydroxyl groups excluding tert-OH is 1. The summed E-state index contributed by atoms with van der Waals surface area (Å²) < 4.78 is 27.7. The van der Waals surface area contributed by atoms with Crippen LogP contribution in [0.4, 0.5) is 5.69 Å². The van der Waals surface area contributed by atoms with Crippen molar-refractivity contribution in [3.63, 3.8) is 0 Å². The van der Waals surface area contributed by atoms with Crippen molar-refractivity contribution in [1.29, 1.82) is 0 Å². The van der Waals surface area contributed by atoms with Crippen molar-refractivity contribution < 1.29 is 13.5 Å². The molecule has 0 amide bonds. The lowest BCUT2D eigenvalue weighted by atomic mass is 9.97. The Morgan fingerprint density at radius 2 is 2.05 bits per heavy atom. The molecular weight excluding hydrogens is 380 g/mol. The molecule has 0 aliphatic heterocycles. The Kier molecular flexibility index (Phi) is 5.54. The number of aliphatic hydroxyl groups is 1. The number of nitrogens with two attached hydrogens (primary N) is 1. The molecule has 118 valence electrons. The largest absolute Gasteiger partial charge is 0.398 e. The van der Waals surface area contributed by atoms with Crippen molar-refractivity contribution >= 4 is 43.2 Å². The molecule has 1 aliphatic rings. The molecule has 1 saturated carbocycles. The number of nitrogen functional groups attached to an aromatic ring is 1. The van der Waals surface area contributed by atoms with Gasteiger partial charge in [-0.3, -0.25) is 0 Å². The number of hydrogen-bond acceptors (Lipinski definition) is 4. The quantitative estimate of drug-likeness (QED) is 0.665. The summed E-state index contributed by atoms with van der Waals surface area (Å²) in [7, 11) is -3.70. The van der Waals surface area contributed by atoms with Crippen molar-refractivity contribution in [2.24, 2.45) is 11.8 Å². The topological polar surface area (TPSA) is 92.4 Å². The van der Waals surface area contributed by atoms with Crippen LogP contribution in [0.3, 0.4) is 0 Å². The van der Waals surface area contributed by atoms with Gasteiger partial charge in [-0.2, -0.15) is 0 Å². The van der Waals surface area contributed by atoms with Gasteiger partial charge in [0.25, 0.3) is 0 Å². The van der Waals surface area contributed by atoms with E-state index in [1.165, 1.54) is 12.1 Å². The molecule has 1 aliphatic carbocycles. The zero-order chi connectivity index (χ0) is 15.6. The number of rotatable bonds is 5. The first kappa shape index (κ1) is 17.0. The maximum absolute atomic E-state index is 12.4. The van der Waals surface area contributed by atoms with Gasteiger partial charge in [0, 0.05) is 23.9 Å². The molecule has 8 heteroatoms. The van der Waals surface area contributed by atoms with Crippen LogP contribution in [0.1, 0.15) is 19.3 Å². The molecule has 2 unspecified atom stereocenters. The van der Waals surface area contributed by atoms with Gasteiger partial charge in [0.1, 0.15) is 0 Å². The zero-order valence-electron chi connectivity index (χ0n) is 11.4. The summed E-state index contributed by atoms with van der Waals surface area (Å²) in [6, 6.07) is 2.85. The van der Waals surface area contributed by atoms with Gasteiger partial charge in [-0.05, 0) is 52.7 Å². The predicted octanol–water partition coefficient (Wildman–Crippen LogP) is 2.37. The third-order valence-corrected chi connectivity index (χ3v) is 6.72. The van der Waals surface area contributed by atoms with Gasteiger partial charge in [-0.25, -0.2) is 13.1 Å². The lowest BCUT2D eigenvalue weighted by molar-refractivity contribution is 0.195. The van der Waals surface area contributed by atoms with E-state index in [2.05, 4.69) is 20.7 Å². The van der Waals surface area contributed by atoms with Crippen molar-refractivity contribution in [2.45, 2.75) is 24.2 Å². The van der Waals surface area contributed by atoms with Gasteiger partial charge in [0.05, 0.1) is 9.37 Å². The van der Waals surface area contributed by atoms with Gasteiger partial charge < -0.3 is 10.8 Å². The Hall–Kier alpha value is -0.340. The molecule has 4 N–H and O–H groups in total. The van der Waals surface area contributed by atoms with Crippen molar-refractivity contribution in [1.82, 2.24) is 4.72 Å². The Morgan fingerprint density at radius 1 is 1.38 bits per heavy atom. The molecule has 0 bridgehead atoms. The summed E-state index contributed by atoms with van der Waals surface area (Å²) in [4.78, 5) is 0.0334. The minimum Gasteiger partial charge on any atom is -0.398 e. The highest BCUT2D eigenvalue weighted by molar-refractivity contribution is 9.10. The summed E-state index contributed by atoms with van der Waals surface area (Å²) in [5, 5.41) is 9.55. The molecule has 5 nitrogen and oxygen atoms in total. The molecule has 2 atom stereocenters. The van der Waals surface area contributed by atoms with Gasteiger partial charge in [-0.1, -0.05) is 18.0 Å². The second-order valence-electron chi connectivity index (χ2n) is 5.29. The average Bonchev–Trinajstić information content (AvgIpc) is 2.88. The molecular formula is C13H18BrClN2O3S. The number of benzene rings is 1. The van der Waals surface area contributed by atoms with Crippen molar-refractivity contribution in [2.75, 3.05) is 18.9 Å². The number of sulfonamides is 1. The smallest absolute Gasteiger partial charge is 0.241 e. The van der Waals surface area contributed by atoms with Gasteiger partial charge in [0.15, 0.2) is 0 Å². The zero-order valence-corrected chi connectivity index (χ0v) is 14.5. The Bertz CT molecular complexity index is 624. The van der Waals surface area contributed by atoms with Crippen molar-refractivity contribution in [3.05, 3.63) is 21.6 Å². The van der Waals surface area contributed by atoms with Crippen LogP contribution < -0.4 is 10.5 Å². The highest BCUT2D eigenvalue weighted by Crippen LogP contribution is 2.33. The summed E-state index contributed by atoms with van der Waals surface area (Å²) in [6.45, 7) is 0.409. The second-order valence-corrected chi connectivity index (χ2v) is 8.26. The highest BCUT2D eigenvalue weighted by Gasteiger charge is 2.28. The average molecular weight is 398 g/mol. The monoisotopic (exact) mass is 396 g/mol. The van der Waals surface area contributed by atoms with E-state index >= 15 is 0 Å². The molecule has 1 fully saturated rings. The Morgan fingerprint density at radius 3 is 2.71 bits per heavy atom. The van der Waals surface area contributed by atoms with Crippen LogP contribution in [-0.2, 0) is 10.0 Å². The first-order valence-electron chi connectivity index (χ1n) is 6.70. The predicted molar refractivity (Wildman–Crippen MR) is 86.7 cm³/mol. The number of anilines is 1. The molecule has 0 radical (unpaired) electrons. The van der Waals surface area contributed by atoms with Crippen LogP contribution in [0.15, 0.2) is 21.5 Å². The lowest BCUT2D eigenvalue weighted by Gasteiger charge is -2.18. The molecule has 1 aromatic rings. The first-order valence-corrected chi connectivity index (χ1v) is 9.35. The van der Waals surface area contributed by atoms with E-state index in [4.69, 9.17) is 17.3 Å². The third-order valence-electron chi connectivity index (χ3n) is 3.91. The Balaban J connectivity index is 2.16. The van der Waals surface area contributed by atoms with Crippen LogP contribution in [0.25, 0.3) is 0 Å². The van der Waals surface area contributed by atoms with Gasteiger partial charge in [-0.15, -0.1) is 0 Å². The lowest BCUT2D eigenvalue weighted by Crippen LogP contribution is -2.32. The maximum atomic E-state index is 12.4. The molecule has 0 saturated heterocycles. The SMILES string of the molecule is Nc1cc(Cl)cc(S(=O)(=O)NCC2CCCC2CO)c1Br. The summed E-state index contributed by atoms with van der Waals surface area (Å²) in [5.41, 5.74) is 6.00. The summed E-state index contributed by atoms with van der Waals surface area (Å²) >= 11 is 9.06. The van der Waals surface area contributed by atoms with E-state index in [-0.39, 0.29) is 34.0 Å². The first-order chi connectivity index (χ1) is 9.85. The third kappa shape index (κ3) is 3.90. The van der Waals surface area contributed by atoms with Crippen LogP contribution in [-0.4, -0.2) is 26.7 Å². The highest BCUT2D eigenvalue weighted by atomic mass is 79.9. The normalized spacial score (nSPS) is 22.6. The maximum Gasteiger partial charge on any atom is 0.241 e. The van der Waals surface area contributed by atoms with E-state index in [1.54, 1.807) is 0 Å². The van der Waals surface area contributed by atoms with E-state index in [1.807, 2.05) is 0 Å². The fraction of sp³-hybridized carbons (Fsp3) is 0.538.